The molecule has 0 bridgehead atoms. The highest BCUT2D eigenvalue weighted by molar-refractivity contribution is 9.10. The van der Waals surface area contributed by atoms with Gasteiger partial charge in [-0.2, -0.15) is 0 Å². The summed E-state index contributed by atoms with van der Waals surface area (Å²) in [7, 11) is 4.26. The molecule has 2 aromatic carbocycles. The molecule has 0 aliphatic carbocycles. The molecular formula is C24H29BrN4O2. The van der Waals surface area contributed by atoms with Gasteiger partial charge in [-0.3, -0.25) is 14.9 Å². The first kappa shape index (κ1) is 23.0. The third kappa shape index (κ3) is 5.95. The van der Waals surface area contributed by atoms with E-state index in [1.165, 1.54) is 12.8 Å². The van der Waals surface area contributed by atoms with Crippen molar-refractivity contribution in [3.63, 3.8) is 0 Å². The molecule has 31 heavy (non-hydrogen) atoms. The summed E-state index contributed by atoms with van der Waals surface area (Å²) in [5.74, 6) is -0.788. The highest BCUT2D eigenvalue weighted by atomic mass is 79.9. The standard InChI is InChI=1S/C24H29BrN4O2/c1-4-5-12-28(2)13-14-29(3)19-9-7-18(8-10-19)26-16-22-21-15-17(25)6-11-20(21)23(30)27-24(22)31/h6-11,15-16,26H,4-5,12-14H2,1-3H3,(H,27,30,31). The van der Waals surface area contributed by atoms with Crippen LogP contribution in [0.5, 0.6) is 0 Å². The second-order valence-electron chi connectivity index (χ2n) is 7.80. The number of carbonyl (C=O) groups excluding carboxylic acids is 2. The number of nitrogens with zero attached hydrogens (tertiary/aromatic N) is 2. The van der Waals surface area contributed by atoms with Gasteiger partial charge in [0.25, 0.3) is 11.8 Å². The molecule has 2 N–H and O–H groups in total. The van der Waals surface area contributed by atoms with Crippen molar-refractivity contribution in [3.05, 3.63) is 64.3 Å². The number of fused-ring (bicyclic) bond motifs is 1. The van der Waals surface area contributed by atoms with Crippen molar-refractivity contribution in [2.24, 2.45) is 0 Å². The highest BCUT2D eigenvalue weighted by Crippen LogP contribution is 2.27. The van der Waals surface area contributed by atoms with Crippen molar-refractivity contribution in [1.29, 1.82) is 0 Å². The molecule has 1 aliphatic rings. The van der Waals surface area contributed by atoms with E-state index in [9.17, 15) is 9.59 Å². The zero-order chi connectivity index (χ0) is 22.4. The van der Waals surface area contributed by atoms with E-state index in [0.717, 1.165) is 35.5 Å². The van der Waals surface area contributed by atoms with Crippen LogP contribution in [0.1, 0.15) is 35.7 Å². The third-order valence-electron chi connectivity index (χ3n) is 5.39. The van der Waals surface area contributed by atoms with E-state index in [0.29, 0.717) is 16.7 Å². The summed E-state index contributed by atoms with van der Waals surface area (Å²) in [6.07, 6.45) is 4.09. The van der Waals surface area contributed by atoms with Crippen molar-refractivity contribution < 1.29 is 9.59 Å². The number of unbranched alkanes of at least 4 members (excludes halogenated alkanes) is 1. The predicted octanol–water partition coefficient (Wildman–Crippen LogP) is 4.34. The molecule has 0 spiro atoms. The van der Waals surface area contributed by atoms with Crippen LogP contribution in [-0.4, -0.2) is 50.4 Å². The lowest BCUT2D eigenvalue weighted by Crippen LogP contribution is -2.36. The van der Waals surface area contributed by atoms with Crippen LogP contribution in [0.3, 0.4) is 0 Å². The molecule has 0 radical (unpaired) electrons. The zero-order valence-electron chi connectivity index (χ0n) is 18.2. The average Bonchev–Trinajstić information content (AvgIpc) is 2.76. The maximum atomic E-state index is 12.4. The first-order valence-corrected chi connectivity index (χ1v) is 11.3. The van der Waals surface area contributed by atoms with Gasteiger partial charge in [0, 0.05) is 53.3 Å². The van der Waals surface area contributed by atoms with Gasteiger partial charge >= 0.3 is 0 Å². The molecular weight excluding hydrogens is 456 g/mol. The van der Waals surface area contributed by atoms with Crippen molar-refractivity contribution in [2.75, 3.05) is 43.9 Å². The lowest BCUT2D eigenvalue weighted by molar-refractivity contribution is -0.114. The van der Waals surface area contributed by atoms with Crippen molar-refractivity contribution in [1.82, 2.24) is 10.2 Å². The van der Waals surface area contributed by atoms with Crippen molar-refractivity contribution in [3.8, 4) is 0 Å². The number of likely N-dealkylation sites (N-methyl/N-ethyl adjacent to an activating group) is 2. The van der Waals surface area contributed by atoms with Crippen LogP contribution in [0.2, 0.25) is 0 Å². The van der Waals surface area contributed by atoms with Crippen LogP contribution in [0.25, 0.3) is 5.57 Å². The lowest BCUT2D eigenvalue weighted by atomic mass is 9.95. The third-order valence-corrected chi connectivity index (χ3v) is 5.88. The van der Waals surface area contributed by atoms with Gasteiger partial charge in [0.1, 0.15) is 0 Å². The Hall–Kier alpha value is -2.64. The largest absolute Gasteiger partial charge is 0.373 e. The highest BCUT2D eigenvalue weighted by Gasteiger charge is 2.27. The summed E-state index contributed by atoms with van der Waals surface area (Å²) in [6.45, 7) is 5.31. The Kier molecular flexibility index (Phi) is 7.87. The Morgan fingerprint density at radius 3 is 2.42 bits per heavy atom. The van der Waals surface area contributed by atoms with E-state index in [4.69, 9.17) is 0 Å². The second kappa shape index (κ2) is 10.6. The fourth-order valence-electron chi connectivity index (χ4n) is 3.40. The molecule has 2 aromatic rings. The lowest BCUT2D eigenvalue weighted by Gasteiger charge is -2.24. The number of halogens is 1. The molecule has 0 atom stereocenters. The van der Waals surface area contributed by atoms with Gasteiger partial charge in [-0.25, -0.2) is 0 Å². The minimum absolute atomic E-state index is 0.377. The molecule has 3 rings (SSSR count). The van der Waals surface area contributed by atoms with E-state index >= 15 is 0 Å². The quantitative estimate of drug-likeness (QED) is 0.409. The summed E-state index contributed by atoms with van der Waals surface area (Å²) in [5, 5.41) is 5.57. The summed E-state index contributed by atoms with van der Waals surface area (Å²) in [4.78, 5) is 29.0. The minimum atomic E-state index is -0.411. The molecule has 164 valence electrons. The molecule has 6 nitrogen and oxygen atoms in total. The van der Waals surface area contributed by atoms with Gasteiger partial charge in [0.05, 0.1) is 5.57 Å². The van der Waals surface area contributed by atoms with Crippen LogP contribution in [-0.2, 0) is 4.79 Å². The molecule has 0 aromatic heterocycles. The van der Waals surface area contributed by atoms with Gasteiger partial charge in [-0.05, 0) is 62.5 Å². The SMILES string of the molecule is CCCCN(C)CCN(C)c1ccc(NC=C2C(=O)NC(=O)c3ccc(Br)cc32)cc1. The number of imide groups is 1. The van der Waals surface area contributed by atoms with Gasteiger partial charge in [0.2, 0.25) is 0 Å². The Bertz CT molecular complexity index is 972. The van der Waals surface area contributed by atoms with E-state index in [1.807, 2.05) is 12.1 Å². The van der Waals surface area contributed by atoms with Crippen LogP contribution in [0.15, 0.2) is 53.1 Å². The summed E-state index contributed by atoms with van der Waals surface area (Å²) < 4.78 is 0.812. The monoisotopic (exact) mass is 484 g/mol. The number of rotatable bonds is 9. The van der Waals surface area contributed by atoms with Gasteiger partial charge < -0.3 is 15.1 Å². The zero-order valence-corrected chi connectivity index (χ0v) is 19.8. The van der Waals surface area contributed by atoms with E-state index < -0.39 is 5.91 Å². The molecule has 1 heterocycles. The Morgan fingerprint density at radius 1 is 0.968 bits per heavy atom. The number of hydrogen-bond donors (Lipinski definition) is 2. The second-order valence-corrected chi connectivity index (χ2v) is 8.72. The number of benzene rings is 2. The van der Waals surface area contributed by atoms with Crippen LogP contribution < -0.4 is 15.5 Å². The molecule has 7 heteroatoms. The molecule has 1 aliphatic heterocycles. The van der Waals surface area contributed by atoms with E-state index in [1.54, 1.807) is 24.4 Å². The normalized spacial score (nSPS) is 14.5. The fraction of sp³-hybridized carbons (Fsp3) is 0.333. The Morgan fingerprint density at radius 2 is 1.71 bits per heavy atom. The summed E-state index contributed by atoms with van der Waals surface area (Å²) in [6, 6.07) is 13.4. The van der Waals surface area contributed by atoms with Crippen LogP contribution >= 0.6 is 15.9 Å². The molecule has 0 fully saturated rings. The molecule has 0 saturated carbocycles. The number of anilines is 2. The maximum absolute atomic E-state index is 12.4. The summed E-state index contributed by atoms with van der Waals surface area (Å²) in [5.41, 5.74) is 3.52. The Labute approximate surface area is 192 Å². The van der Waals surface area contributed by atoms with Crippen LogP contribution in [0.4, 0.5) is 11.4 Å². The van der Waals surface area contributed by atoms with Gasteiger partial charge in [-0.15, -0.1) is 0 Å². The molecule has 0 saturated heterocycles. The number of amides is 2. The maximum Gasteiger partial charge on any atom is 0.260 e. The smallest absolute Gasteiger partial charge is 0.260 e. The predicted molar refractivity (Wildman–Crippen MR) is 130 cm³/mol. The number of hydrogen-bond acceptors (Lipinski definition) is 5. The fourth-order valence-corrected chi connectivity index (χ4v) is 3.76. The number of carbonyl (C=O) groups is 2. The molecule has 0 unspecified atom stereocenters. The summed E-state index contributed by atoms with van der Waals surface area (Å²) >= 11 is 3.41. The minimum Gasteiger partial charge on any atom is -0.373 e. The first-order valence-electron chi connectivity index (χ1n) is 10.5. The topological polar surface area (TPSA) is 64.7 Å². The van der Waals surface area contributed by atoms with Crippen molar-refractivity contribution >= 4 is 44.7 Å². The van der Waals surface area contributed by atoms with Gasteiger partial charge in [0.15, 0.2) is 0 Å². The molecule has 2 amide bonds. The van der Waals surface area contributed by atoms with Gasteiger partial charge in [-0.1, -0.05) is 29.3 Å². The van der Waals surface area contributed by atoms with E-state index in [2.05, 4.69) is 69.5 Å². The number of nitrogens with one attached hydrogen (secondary N) is 2. The Balaban J connectivity index is 1.66. The van der Waals surface area contributed by atoms with Crippen molar-refractivity contribution in [2.45, 2.75) is 19.8 Å². The average molecular weight is 485 g/mol. The van der Waals surface area contributed by atoms with E-state index in [-0.39, 0.29) is 5.91 Å². The first-order chi connectivity index (χ1) is 14.9. The van der Waals surface area contributed by atoms with Crippen LogP contribution in [0, 0.1) is 0 Å².